The van der Waals surface area contributed by atoms with Gasteiger partial charge in [-0.25, -0.2) is 9.97 Å². The molecule has 5 nitrogen and oxygen atoms in total. The standard InChI is InChI=1S/C19H16ClN5/c1-13-22-17(20)16(21-12-14-8-4-2-5-9-14)19-23-18(24-25(13)19)15-10-6-3-7-11-15/h2-11,21H,12H2,1H3. The van der Waals surface area contributed by atoms with Crippen molar-refractivity contribution >= 4 is 22.9 Å². The number of nitrogens with one attached hydrogen (secondary N) is 1. The SMILES string of the molecule is Cc1nc(Cl)c(NCc2ccccc2)c2nc(-c3ccccc3)nn12. The molecule has 2 aromatic heterocycles. The van der Waals surface area contributed by atoms with E-state index in [1.165, 1.54) is 0 Å². The topological polar surface area (TPSA) is 55.1 Å². The first-order valence-corrected chi connectivity index (χ1v) is 8.36. The average Bonchev–Trinajstić information content (AvgIpc) is 3.09. The molecule has 0 unspecified atom stereocenters. The maximum Gasteiger partial charge on any atom is 0.184 e. The Balaban J connectivity index is 1.76. The third-order valence-electron chi connectivity index (χ3n) is 3.95. The summed E-state index contributed by atoms with van der Waals surface area (Å²) < 4.78 is 1.72. The summed E-state index contributed by atoms with van der Waals surface area (Å²) in [4.78, 5) is 9.07. The van der Waals surface area contributed by atoms with Crippen LogP contribution in [-0.2, 0) is 6.54 Å². The van der Waals surface area contributed by atoms with Gasteiger partial charge in [-0.3, -0.25) is 0 Å². The Morgan fingerprint density at radius 2 is 1.64 bits per heavy atom. The van der Waals surface area contributed by atoms with Crippen molar-refractivity contribution in [3.05, 3.63) is 77.2 Å². The molecule has 2 heterocycles. The quantitative estimate of drug-likeness (QED) is 0.556. The number of aryl methyl sites for hydroxylation is 1. The van der Waals surface area contributed by atoms with E-state index in [-0.39, 0.29) is 0 Å². The average molecular weight is 350 g/mol. The van der Waals surface area contributed by atoms with Crippen LogP contribution >= 0.6 is 11.6 Å². The fourth-order valence-corrected chi connectivity index (χ4v) is 2.96. The van der Waals surface area contributed by atoms with Gasteiger partial charge in [0.2, 0.25) is 0 Å². The zero-order chi connectivity index (χ0) is 17.2. The highest BCUT2D eigenvalue weighted by atomic mass is 35.5. The molecule has 6 heteroatoms. The van der Waals surface area contributed by atoms with Crippen molar-refractivity contribution in [3.63, 3.8) is 0 Å². The lowest BCUT2D eigenvalue weighted by Crippen LogP contribution is -2.06. The smallest absolute Gasteiger partial charge is 0.184 e. The van der Waals surface area contributed by atoms with Crippen molar-refractivity contribution in [3.8, 4) is 11.4 Å². The van der Waals surface area contributed by atoms with Gasteiger partial charge in [-0.2, -0.15) is 4.52 Å². The molecular weight excluding hydrogens is 334 g/mol. The van der Waals surface area contributed by atoms with E-state index in [2.05, 4.69) is 32.5 Å². The molecular formula is C19H16ClN5. The Hall–Kier alpha value is -2.92. The maximum absolute atomic E-state index is 6.38. The molecule has 1 N–H and O–H groups in total. The van der Waals surface area contributed by atoms with Crippen molar-refractivity contribution in [1.82, 2.24) is 19.6 Å². The summed E-state index contributed by atoms with van der Waals surface area (Å²) in [6.07, 6.45) is 0. The highest BCUT2D eigenvalue weighted by Crippen LogP contribution is 2.27. The predicted molar refractivity (Wildman–Crippen MR) is 99.7 cm³/mol. The molecule has 0 radical (unpaired) electrons. The van der Waals surface area contributed by atoms with Gasteiger partial charge in [-0.05, 0) is 12.5 Å². The Bertz CT molecular complexity index is 1010. The van der Waals surface area contributed by atoms with Crippen LogP contribution in [0.2, 0.25) is 5.15 Å². The van der Waals surface area contributed by atoms with Crippen molar-refractivity contribution in [2.24, 2.45) is 0 Å². The second-order valence-electron chi connectivity index (χ2n) is 5.70. The number of hydrogen-bond acceptors (Lipinski definition) is 4. The highest BCUT2D eigenvalue weighted by molar-refractivity contribution is 6.32. The number of halogens is 1. The van der Waals surface area contributed by atoms with Gasteiger partial charge in [0, 0.05) is 12.1 Å². The zero-order valence-electron chi connectivity index (χ0n) is 13.6. The minimum Gasteiger partial charge on any atom is -0.375 e. The van der Waals surface area contributed by atoms with E-state index in [4.69, 9.17) is 11.6 Å². The molecule has 0 saturated heterocycles. The van der Waals surface area contributed by atoms with Gasteiger partial charge in [0.15, 0.2) is 16.6 Å². The number of rotatable bonds is 4. The summed E-state index contributed by atoms with van der Waals surface area (Å²) in [6, 6.07) is 20.0. The Labute approximate surface area is 150 Å². The van der Waals surface area contributed by atoms with E-state index in [1.54, 1.807) is 4.52 Å². The van der Waals surface area contributed by atoms with Crippen LogP contribution in [0.3, 0.4) is 0 Å². The molecule has 0 saturated carbocycles. The van der Waals surface area contributed by atoms with Crippen molar-refractivity contribution in [2.45, 2.75) is 13.5 Å². The van der Waals surface area contributed by atoms with Gasteiger partial charge in [0.1, 0.15) is 11.5 Å². The van der Waals surface area contributed by atoms with Crippen LogP contribution < -0.4 is 5.32 Å². The lowest BCUT2D eigenvalue weighted by atomic mass is 10.2. The summed E-state index contributed by atoms with van der Waals surface area (Å²) in [5, 5.41) is 8.33. The Morgan fingerprint density at radius 3 is 2.36 bits per heavy atom. The van der Waals surface area contributed by atoms with Crippen LogP contribution in [0, 0.1) is 6.92 Å². The second-order valence-corrected chi connectivity index (χ2v) is 6.06. The molecule has 0 spiro atoms. The number of fused-ring (bicyclic) bond motifs is 1. The first-order valence-electron chi connectivity index (χ1n) is 7.98. The van der Waals surface area contributed by atoms with Crippen molar-refractivity contribution < 1.29 is 0 Å². The fourth-order valence-electron chi connectivity index (χ4n) is 2.68. The Kier molecular flexibility index (Phi) is 4.07. The van der Waals surface area contributed by atoms with Gasteiger partial charge in [0.05, 0.1) is 0 Å². The third-order valence-corrected chi connectivity index (χ3v) is 4.22. The minimum atomic E-state index is 0.396. The monoisotopic (exact) mass is 349 g/mol. The van der Waals surface area contributed by atoms with Crippen LogP contribution in [0.25, 0.3) is 17.0 Å². The fraction of sp³-hybridized carbons (Fsp3) is 0.105. The summed E-state index contributed by atoms with van der Waals surface area (Å²) in [5.41, 5.74) is 3.47. The van der Waals surface area contributed by atoms with Crippen LogP contribution in [0.5, 0.6) is 0 Å². The van der Waals surface area contributed by atoms with Crippen LogP contribution in [0.15, 0.2) is 60.7 Å². The number of benzene rings is 2. The van der Waals surface area contributed by atoms with Gasteiger partial charge in [-0.1, -0.05) is 72.3 Å². The molecule has 0 fully saturated rings. The molecule has 0 amide bonds. The highest BCUT2D eigenvalue weighted by Gasteiger charge is 2.16. The largest absolute Gasteiger partial charge is 0.375 e. The van der Waals surface area contributed by atoms with Crippen LogP contribution in [0.4, 0.5) is 5.69 Å². The maximum atomic E-state index is 6.38. The predicted octanol–water partition coefficient (Wildman–Crippen LogP) is 4.37. The molecule has 0 aliphatic rings. The molecule has 0 atom stereocenters. The number of anilines is 1. The number of nitrogens with zero attached hydrogens (tertiary/aromatic N) is 4. The molecule has 124 valence electrons. The summed E-state index contributed by atoms with van der Waals surface area (Å²) in [6.45, 7) is 2.50. The normalized spacial score (nSPS) is 11.0. The van der Waals surface area contributed by atoms with Crippen LogP contribution in [0.1, 0.15) is 11.4 Å². The summed E-state index contributed by atoms with van der Waals surface area (Å²) >= 11 is 6.38. The lowest BCUT2D eigenvalue weighted by Gasteiger charge is -2.10. The molecule has 0 aliphatic carbocycles. The lowest BCUT2D eigenvalue weighted by molar-refractivity contribution is 0.866. The van der Waals surface area contributed by atoms with E-state index in [0.29, 0.717) is 34.7 Å². The molecule has 4 rings (SSSR count). The number of aromatic nitrogens is 4. The van der Waals surface area contributed by atoms with E-state index in [0.717, 1.165) is 11.1 Å². The van der Waals surface area contributed by atoms with E-state index in [1.807, 2.05) is 55.5 Å². The minimum absolute atomic E-state index is 0.396. The van der Waals surface area contributed by atoms with Gasteiger partial charge in [0.25, 0.3) is 0 Å². The summed E-state index contributed by atoms with van der Waals surface area (Å²) in [7, 11) is 0. The van der Waals surface area contributed by atoms with Crippen molar-refractivity contribution in [2.75, 3.05) is 5.32 Å². The zero-order valence-corrected chi connectivity index (χ0v) is 14.4. The van der Waals surface area contributed by atoms with Gasteiger partial charge >= 0.3 is 0 Å². The first kappa shape index (κ1) is 15.6. The van der Waals surface area contributed by atoms with Gasteiger partial charge in [-0.15, -0.1) is 5.10 Å². The van der Waals surface area contributed by atoms with E-state index in [9.17, 15) is 0 Å². The van der Waals surface area contributed by atoms with Crippen molar-refractivity contribution in [1.29, 1.82) is 0 Å². The second kappa shape index (κ2) is 6.53. The van der Waals surface area contributed by atoms with Gasteiger partial charge < -0.3 is 5.32 Å². The molecule has 0 bridgehead atoms. The number of hydrogen-bond donors (Lipinski definition) is 1. The van der Waals surface area contributed by atoms with E-state index < -0.39 is 0 Å². The van der Waals surface area contributed by atoms with E-state index >= 15 is 0 Å². The summed E-state index contributed by atoms with van der Waals surface area (Å²) in [5.74, 6) is 1.34. The Morgan fingerprint density at radius 1 is 0.960 bits per heavy atom. The molecule has 4 aromatic rings. The first-order chi connectivity index (χ1) is 12.2. The molecule has 2 aromatic carbocycles. The molecule has 25 heavy (non-hydrogen) atoms. The molecule has 0 aliphatic heterocycles. The van der Waals surface area contributed by atoms with Crippen LogP contribution in [-0.4, -0.2) is 19.6 Å². The third kappa shape index (κ3) is 3.06.